The van der Waals surface area contributed by atoms with Gasteiger partial charge in [0, 0.05) is 25.8 Å². The van der Waals surface area contributed by atoms with Crippen molar-refractivity contribution in [2.75, 3.05) is 31.3 Å². The van der Waals surface area contributed by atoms with E-state index in [-0.39, 0.29) is 0 Å². The fourth-order valence-corrected chi connectivity index (χ4v) is 2.24. The zero-order valence-electron chi connectivity index (χ0n) is 12.9. The molecule has 2 N–H and O–H groups in total. The summed E-state index contributed by atoms with van der Waals surface area (Å²) in [4.78, 5) is 3.66. The normalized spacial score (nSPS) is 10.9. The third-order valence-electron chi connectivity index (χ3n) is 3.41. The number of hydrogen-bond acceptors (Lipinski definition) is 5. The molecule has 0 saturated heterocycles. The minimum Gasteiger partial charge on any atom is -0.492 e. The summed E-state index contributed by atoms with van der Waals surface area (Å²) in [7, 11) is 4.01. The second-order valence-corrected chi connectivity index (χ2v) is 5.21. The van der Waals surface area contributed by atoms with E-state index in [0.29, 0.717) is 18.0 Å². The summed E-state index contributed by atoms with van der Waals surface area (Å²) in [5.74, 6) is 0.644. The summed E-state index contributed by atoms with van der Waals surface area (Å²) in [5, 5.41) is 8.97. The number of nitrogens with two attached hydrogens (primary N) is 1. The van der Waals surface area contributed by atoms with Crippen molar-refractivity contribution in [3.63, 3.8) is 0 Å². The predicted molar refractivity (Wildman–Crippen MR) is 88.8 cm³/mol. The number of fused-ring (bicyclic) bond motifs is 1. The van der Waals surface area contributed by atoms with Crippen LogP contribution in [0.5, 0.6) is 5.75 Å². The van der Waals surface area contributed by atoms with Gasteiger partial charge in [0.1, 0.15) is 16.8 Å². The van der Waals surface area contributed by atoms with Crippen LogP contribution in [0, 0.1) is 0 Å². The van der Waals surface area contributed by atoms with Crippen LogP contribution < -0.4 is 15.4 Å². The predicted octanol–water partition coefficient (Wildman–Crippen LogP) is 2.47. The minimum absolute atomic E-state index is 0.565. The zero-order chi connectivity index (χ0) is 15.7. The Balaban J connectivity index is 2.00. The van der Waals surface area contributed by atoms with Gasteiger partial charge in [-0.15, -0.1) is 10.2 Å². The number of benzene rings is 2. The molecule has 0 radical (unpaired) electrons. The second-order valence-electron chi connectivity index (χ2n) is 5.21. The monoisotopic (exact) mass is 297 g/mol. The molecule has 22 heavy (non-hydrogen) atoms. The SMILES string of the molecule is CCOc1cc2nn(-c3ccc(N(C)C)cc3)nc2cc1N. The van der Waals surface area contributed by atoms with Crippen LogP contribution in [0.1, 0.15) is 6.92 Å². The van der Waals surface area contributed by atoms with Gasteiger partial charge in [0.05, 0.1) is 18.0 Å². The van der Waals surface area contributed by atoms with Gasteiger partial charge in [-0.1, -0.05) is 0 Å². The Bertz CT molecular complexity index is 792. The quantitative estimate of drug-likeness (QED) is 0.749. The van der Waals surface area contributed by atoms with Gasteiger partial charge >= 0.3 is 0 Å². The lowest BCUT2D eigenvalue weighted by molar-refractivity contribution is 0.342. The Morgan fingerprint density at radius 1 is 1.09 bits per heavy atom. The van der Waals surface area contributed by atoms with Crippen LogP contribution in [0.3, 0.4) is 0 Å². The molecule has 114 valence electrons. The van der Waals surface area contributed by atoms with Crippen LogP contribution >= 0.6 is 0 Å². The molecule has 0 amide bonds. The van der Waals surface area contributed by atoms with E-state index in [1.165, 1.54) is 0 Å². The van der Waals surface area contributed by atoms with Crippen LogP contribution in [0.2, 0.25) is 0 Å². The highest BCUT2D eigenvalue weighted by Crippen LogP contribution is 2.27. The average Bonchev–Trinajstić information content (AvgIpc) is 2.90. The first-order valence-corrected chi connectivity index (χ1v) is 7.15. The topological polar surface area (TPSA) is 69.2 Å². The molecule has 0 aliphatic carbocycles. The number of nitrogens with zero attached hydrogens (tertiary/aromatic N) is 4. The molecule has 0 aliphatic rings. The third kappa shape index (κ3) is 2.55. The highest BCUT2D eigenvalue weighted by molar-refractivity contribution is 5.81. The molecule has 0 spiro atoms. The molecule has 3 aromatic rings. The first kappa shape index (κ1) is 14.2. The van der Waals surface area contributed by atoms with E-state index in [1.54, 1.807) is 10.9 Å². The van der Waals surface area contributed by atoms with Crippen molar-refractivity contribution in [1.82, 2.24) is 15.0 Å². The van der Waals surface area contributed by atoms with Gasteiger partial charge in [0.25, 0.3) is 0 Å². The molecule has 1 aromatic heterocycles. The van der Waals surface area contributed by atoms with Gasteiger partial charge in [-0.25, -0.2) is 0 Å². The molecule has 1 heterocycles. The van der Waals surface area contributed by atoms with Crippen molar-refractivity contribution in [3.05, 3.63) is 36.4 Å². The fourth-order valence-electron chi connectivity index (χ4n) is 2.24. The van der Waals surface area contributed by atoms with Crippen LogP contribution in [-0.2, 0) is 0 Å². The molecule has 6 heteroatoms. The van der Waals surface area contributed by atoms with Gasteiger partial charge in [0.2, 0.25) is 0 Å². The van der Waals surface area contributed by atoms with Crippen molar-refractivity contribution in [2.45, 2.75) is 6.92 Å². The van der Waals surface area contributed by atoms with Crippen LogP contribution in [0.25, 0.3) is 16.7 Å². The number of anilines is 2. The summed E-state index contributed by atoms with van der Waals surface area (Å²) < 4.78 is 5.49. The van der Waals surface area contributed by atoms with Crippen LogP contribution in [-0.4, -0.2) is 35.7 Å². The van der Waals surface area contributed by atoms with E-state index in [2.05, 4.69) is 10.2 Å². The molecule has 0 atom stereocenters. The van der Waals surface area contributed by atoms with E-state index in [1.807, 2.05) is 56.3 Å². The van der Waals surface area contributed by atoms with Crippen molar-refractivity contribution in [3.8, 4) is 11.4 Å². The fraction of sp³-hybridized carbons (Fsp3) is 0.250. The van der Waals surface area contributed by atoms with E-state index in [0.717, 1.165) is 22.4 Å². The highest BCUT2D eigenvalue weighted by Gasteiger charge is 2.09. The molecule has 0 unspecified atom stereocenters. The van der Waals surface area contributed by atoms with Crippen molar-refractivity contribution < 1.29 is 4.74 Å². The Morgan fingerprint density at radius 3 is 2.32 bits per heavy atom. The van der Waals surface area contributed by atoms with Gasteiger partial charge in [-0.3, -0.25) is 0 Å². The van der Waals surface area contributed by atoms with E-state index >= 15 is 0 Å². The lowest BCUT2D eigenvalue weighted by atomic mass is 10.2. The molecule has 2 aromatic carbocycles. The number of ether oxygens (including phenoxy) is 1. The van der Waals surface area contributed by atoms with Gasteiger partial charge in [-0.05, 0) is 37.3 Å². The van der Waals surface area contributed by atoms with E-state index < -0.39 is 0 Å². The lowest BCUT2D eigenvalue weighted by Crippen LogP contribution is -2.08. The smallest absolute Gasteiger partial charge is 0.144 e. The second kappa shape index (κ2) is 5.55. The summed E-state index contributed by atoms with van der Waals surface area (Å²) >= 11 is 0. The summed E-state index contributed by atoms with van der Waals surface area (Å²) in [5.41, 5.74) is 10.1. The maximum Gasteiger partial charge on any atom is 0.144 e. The van der Waals surface area contributed by atoms with E-state index in [9.17, 15) is 0 Å². The average molecular weight is 297 g/mol. The van der Waals surface area contributed by atoms with Gasteiger partial charge < -0.3 is 15.4 Å². The molecule has 3 rings (SSSR count). The first-order valence-electron chi connectivity index (χ1n) is 7.15. The zero-order valence-corrected chi connectivity index (χ0v) is 12.9. The van der Waals surface area contributed by atoms with Gasteiger partial charge in [0.15, 0.2) is 0 Å². The summed E-state index contributed by atoms with van der Waals surface area (Å²) in [6.45, 7) is 2.49. The number of aromatic nitrogens is 3. The van der Waals surface area contributed by atoms with Crippen LogP contribution in [0.15, 0.2) is 36.4 Å². The lowest BCUT2D eigenvalue weighted by Gasteiger charge is -2.12. The summed E-state index contributed by atoms with van der Waals surface area (Å²) in [6.07, 6.45) is 0. The molecule has 0 bridgehead atoms. The Hall–Kier alpha value is -2.76. The molecular formula is C16H19N5O. The summed E-state index contributed by atoms with van der Waals surface area (Å²) in [6, 6.07) is 11.7. The molecule has 0 fully saturated rings. The first-order chi connectivity index (χ1) is 10.6. The number of rotatable bonds is 4. The maximum absolute atomic E-state index is 5.97. The standard InChI is InChI=1S/C16H19N5O/c1-4-22-16-10-15-14(9-13(16)17)18-21(19-15)12-7-5-11(6-8-12)20(2)3/h5-10H,4,17H2,1-3H3. The molecule has 0 aliphatic heterocycles. The Morgan fingerprint density at radius 2 is 1.73 bits per heavy atom. The van der Waals surface area contributed by atoms with Crippen molar-refractivity contribution >= 4 is 22.4 Å². The van der Waals surface area contributed by atoms with Crippen LogP contribution in [0.4, 0.5) is 11.4 Å². The minimum atomic E-state index is 0.565. The maximum atomic E-state index is 5.97. The van der Waals surface area contributed by atoms with Gasteiger partial charge in [-0.2, -0.15) is 4.80 Å². The molecular weight excluding hydrogens is 278 g/mol. The Labute approximate surface area is 129 Å². The number of nitrogen functional groups attached to an aromatic ring is 1. The number of hydrogen-bond donors (Lipinski definition) is 1. The molecule has 6 nitrogen and oxygen atoms in total. The van der Waals surface area contributed by atoms with E-state index in [4.69, 9.17) is 10.5 Å². The largest absolute Gasteiger partial charge is 0.492 e. The van der Waals surface area contributed by atoms with Crippen molar-refractivity contribution in [1.29, 1.82) is 0 Å². The van der Waals surface area contributed by atoms with Crippen molar-refractivity contribution in [2.24, 2.45) is 0 Å². The Kier molecular flexibility index (Phi) is 3.58. The molecule has 0 saturated carbocycles. The highest BCUT2D eigenvalue weighted by atomic mass is 16.5. The third-order valence-corrected chi connectivity index (χ3v) is 3.41.